The third-order valence-corrected chi connectivity index (χ3v) is 2.62. The Morgan fingerprint density at radius 2 is 2.40 bits per heavy atom. The molecule has 0 radical (unpaired) electrons. The van der Waals surface area contributed by atoms with Crippen molar-refractivity contribution in [2.45, 2.75) is 0 Å². The number of thiophene rings is 1. The third-order valence-electron chi connectivity index (χ3n) is 1.78. The number of nitro groups is 1. The quantitative estimate of drug-likeness (QED) is 0.639. The molecule has 0 amide bonds. The minimum atomic E-state index is -0.485. The highest BCUT2D eigenvalue weighted by Crippen LogP contribution is 2.17. The molecule has 0 aliphatic heterocycles. The number of H-pyrrole nitrogens is 1. The summed E-state index contributed by atoms with van der Waals surface area (Å²) in [5, 5.41) is 12.5. The van der Waals surface area contributed by atoms with E-state index in [1.807, 2.05) is 17.5 Å². The highest BCUT2D eigenvalue weighted by molar-refractivity contribution is 7.10. The predicted molar refractivity (Wildman–Crippen MR) is 58.5 cm³/mol. The zero-order valence-electron chi connectivity index (χ0n) is 7.58. The van der Waals surface area contributed by atoms with Gasteiger partial charge in [0.15, 0.2) is 12.0 Å². The van der Waals surface area contributed by atoms with Gasteiger partial charge in [0.25, 0.3) is 0 Å². The van der Waals surface area contributed by atoms with Crippen molar-refractivity contribution in [2.24, 2.45) is 0 Å². The summed E-state index contributed by atoms with van der Waals surface area (Å²) in [6, 6.07) is 3.85. The fourth-order valence-corrected chi connectivity index (χ4v) is 1.73. The predicted octanol–water partition coefficient (Wildman–Crippen LogP) is 2.55. The molecule has 76 valence electrons. The molecule has 0 fully saturated rings. The summed E-state index contributed by atoms with van der Waals surface area (Å²) < 4.78 is 0. The maximum Gasteiger partial charge on any atom is 0.347 e. The third kappa shape index (κ3) is 2.10. The van der Waals surface area contributed by atoms with Gasteiger partial charge in [-0.25, -0.2) is 9.97 Å². The molecule has 0 aliphatic carbocycles. The van der Waals surface area contributed by atoms with E-state index in [4.69, 9.17) is 0 Å². The van der Waals surface area contributed by atoms with Gasteiger partial charge < -0.3 is 10.1 Å². The topological polar surface area (TPSA) is 71.8 Å². The summed E-state index contributed by atoms with van der Waals surface area (Å²) in [7, 11) is 0. The lowest BCUT2D eigenvalue weighted by Crippen LogP contribution is -1.89. The van der Waals surface area contributed by atoms with Gasteiger partial charge in [0, 0.05) is 4.88 Å². The molecule has 5 nitrogen and oxygen atoms in total. The van der Waals surface area contributed by atoms with E-state index < -0.39 is 4.92 Å². The molecule has 0 saturated heterocycles. The number of hydrogen-bond donors (Lipinski definition) is 1. The average molecular weight is 221 g/mol. The van der Waals surface area contributed by atoms with Crippen LogP contribution in [0.1, 0.15) is 10.6 Å². The fraction of sp³-hybridized carbons (Fsp3) is 0. The fourth-order valence-electron chi connectivity index (χ4n) is 1.11. The van der Waals surface area contributed by atoms with E-state index in [0.29, 0.717) is 5.69 Å². The van der Waals surface area contributed by atoms with Gasteiger partial charge in [0.1, 0.15) is 0 Å². The molecular weight excluding hydrogens is 214 g/mol. The molecule has 2 rings (SSSR count). The van der Waals surface area contributed by atoms with Crippen molar-refractivity contribution in [3.8, 4) is 0 Å². The van der Waals surface area contributed by atoms with Crippen molar-refractivity contribution in [3.63, 3.8) is 0 Å². The number of hydrogen-bond acceptors (Lipinski definition) is 4. The van der Waals surface area contributed by atoms with E-state index in [0.717, 1.165) is 4.88 Å². The second-order valence-corrected chi connectivity index (χ2v) is 3.72. The van der Waals surface area contributed by atoms with Crippen molar-refractivity contribution in [1.29, 1.82) is 0 Å². The summed E-state index contributed by atoms with van der Waals surface area (Å²) in [6.45, 7) is 0. The van der Waals surface area contributed by atoms with Crippen LogP contribution in [0, 0.1) is 10.1 Å². The molecule has 15 heavy (non-hydrogen) atoms. The summed E-state index contributed by atoms with van der Waals surface area (Å²) in [5.41, 5.74) is 0.341. The van der Waals surface area contributed by atoms with E-state index in [2.05, 4.69) is 9.97 Å². The SMILES string of the molecule is O=[N+]([O-])c1[nH]cnc1C=Cc1cccs1. The zero-order valence-corrected chi connectivity index (χ0v) is 8.40. The van der Waals surface area contributed by atoms with Crippen LogP contribution < -0.4 is 0 Å². The van der Waals surface area contributed by atoms with Gasteiger partial charge in [-0.15, -0.1) is 11.3 Å². The monoisotopic (exact) mass is 221 g/mol. The lowest BCUT2D eigenvalue weighted by molar-refractivity contribution is -0.389. The Kier molecular flexibility index (Phi) is 2.59. The number of nitrogens with one attached hydrogen (secondary N) is 1. The summed E-state index contributed by atoms with van der Waals surface area (Å²) in [6.07, 6.45) is 4.74. The number of aromatic amines is 1. The number of aromatic nitrogens is 2. The van der Waals surface area contributed by atoms with E-state index >= 15 is 0 Å². The standard InChI is InChI=1S/C9H7N3O2S/c13-12(14)9-8(10-6-11-9)4-3-7-2-1-5-15-7/h1-6H,(H,10,11). The molecule has 0 aliphatic rings. The van der Waals surface area contributed by atoms with Gasteiger partial charge in [0.05, 0.1) is 0 Å². The molecule has 2 aromatic rings. The van der Waals surface area contributed by atoms with E-state index in [1.165, 1.54) is 6.33 Å². The second kappa shape index (κ2) is 4.05. The van der Waals surface area contributed by atoms with Crippen molar-refractivity contribution in [1.82, 2.24) is 9.97 Å². The van der Waals surface area contributed by atoms with Crippen LogP contribution in [0.2, 0.25) is 0 Å². The van der Waals surface area contributed by atoms with Gasteiger partial charge in [0.2, 0.25) is 0 Å². The molecule has 0 bridgehead atoms. The smallest absolute Gasteiger partial charge is 0.347 e. The van der Waals surface area contributed by atoms with Crippen LogP contribution in [-0.2, 0) is 0 Å². The normalized spacial score (nSPS) is 10.9. The average Bonchev–Trinajstić information content (AvgIpc) is 2.86. The van der Waals surface area contributed by atoms with Crippen LogP contribution in [0.3, 0.4) is 0 Å². The van der Waals surface area contributed by atoms with Crippen molar-refractivity contribution in [3.05, 3.63) is 44.5 Å². The Morgan fingerprint density at radius 1 is 1.53 bits per heavy atom. The van der Waals surface area contributed by atoms with Gasteiger partial charge in [-0.3, -0.25) is 0 Å². The van der Waals surface area contributed by atoms with Crippen LogP contribution >= 0.6 is 11.3 Å². The van der Waals surface area contributed by atoms with E-state index in [9.17, 15) is 10.1 Å². The Labute approximate surface area is 89.3 Å². The Balaban J connectivity index is 2.24. The van der Waals surface area contributed by atoms with Crippen LogP contribution in [0.25, 0.3) is 12.2 Å². The minimum absolute atomic E-state index is 0.0807. The first-order valence-corrected chi connectivity index (χ1v) is 5.04. The highest BCUT2D eigenvalue weighted by atomic mass is 32.1. The maximum atomic E-state index is 10.5. The minimum Gasteiger partial charge on any atom is -0.358 e. The summed E-state index contributed by atoms with van der Waals surface area (Å²) >= 11 is 1.56. The molecule has 6 heteroatoms. The summed E-state index contributed by atoms with van der Waals surface area (Å²) in [4.78, 5) is 17.4. The summed E-state index contributed by atoms with van der Waals surface area (Å²) in [5.74, 6) is -0.0807. The molecule has 0 saturated carbocycles. The van der Waals surface area contributed by atoms with Gasteiger partial charge in [-0.2, -0.15) is 0 Å². The van der Waals surface area contributed by atoms with Crippen molar-refractivity contribution >= 4 is 29.3 Å². The van der Waals surface area contributed by atoms with Gasteiger partial charge >= 0.3 is 5.82 Å². The number of rotatable bonds is 3. The van der Waals surface area contributed by atoms with Crippen molar-refractivity contribution in [2.75, 3.05) is 0 Å². The Morgan fingerprint density at radius 3 is 3.07 bits per heavy atom. The largest absolute Gasteiger partial charge is 0.358 e. The second-order valence-electron chi connectivity index (χ2n) is 2.74. The molecular formula is C9H7N3O2S. The zero-order chi connectivity index (χ0) is 10.7. The first kappa shape index (κ1) is 9.60. The number of nitrogens with zero attached hydrogens (tertiary/aromatic N) is 2. The number of imidazole rings is 1. The van der Waals surface area contributed by atoms with Gasteiger partial charge in [-0.05, 0) is 28.5 Å². The van der Waals surface area contributed by atoms with Crippen molar-refractivity contribution < 1.29 is 4.92 Å². The van der Waals surface area contributed by atoms with Crippen LogP contribution in [-0.4, -0.2) is 14.9 Å². The molecule has 1 N–H and O–H groups in total. The molecule has 0 aromatic carbocycles. The van der Waals surface area contributed by atoms with Gasteiger partial charge in [-0.1, -0.05) is 6.07 Å². The molecule has 2 heterocycles. The first-order chi connectivity index (χ1) is 7.27. The van der Waals surface area contributed by atoms with Crippen LogP contribution in [0.5, 0.6) is 0 Å². The lowest BCUT2D eigenvalue weighted by atomic mass is 10.3. The maximum absolute atomic E-state index is 10.5. The van der Waals surface area contributed by atoms with Crippen LogP contribution in [0.15, 0.2) is 23.8 Å². The molecule has 0 unspecified atom stereocenters. The molecule has 2 aromatic heterocycles. The Hall–Kier alpha value is -1.95. The van der Waals surface area contributed by atoms with Crippen LogP contribution in [0.4, 0.5) is 5.82 Å². The molecule has 0 spiro atoms. The molecule has 0 atom stereocenters. The highest BCUT2D eigenvalue weighted by Gasteiger charge is 2.11. The lowest BCUT2D eigenvalue weighted by Gasteiger charge is -1.90. The van der Waals surface area contributed by atoms with E-state index in [1.54, 1.807) is 23.5 Å². The Bertz CT molecular complexity index is 487. The first-order valence-electron chi connectivity index (χ1n) is 4.17. The van der Waals surface area contributed by atoms with E-state index in [-0.39, 0.29) is 5.82 Å².